The summed E-state index contributed by atoms with van der Waals surface area (Å²) in [4.78, 5) is 27.8. The second-order valence-corrected chi connectivity index (χ2v) is 6.81. The number of carbonyl (C=O) groups excluding carboxylic acids is 1. The maximum Gasteiger partial charge on any atom is 0.254 e. The monoisotopic (exact) mass is 377 g/mol. The van der Waals surface area contributed by atoms with Crippen molar-refractivity contribution in [3.63, 3.8) is 0 Å². The van der Waals surface area contributed by atoms with Crippen molar-refractivity contribution in [2.24, 2.45) is 0 Å². The van der Waals surface area contributed by atoms with Crippen LogP contribution in [0.3, 0.4) is 0 Å². The standard InChI is InChI=1S/C21H20FN5O/c1-14-4-9-19(24-13-14)26-21-23-11-10-17(25-21)18-3-2-12-27(18)20(28)15-5-7-16(22)8-6-15/h4-11,13,18H,2-3,12H2,1H3,(H,23,24,25,26). The van der Waals surface area contributed by atoms with Gasteiger partial charge in [0.15, 0.2) is 0 Å². The topological polar surface area (TPSA) is 71.0 Å². The van der Waals surface area contributed by atoms with Gasteiger partial charge >= 0.3 is 0 Å². The summed E-state index contributed by atoms with van der Waals surface area (Å²) < 4.78 is 13.2. The molecule has 1 fully saturated rings. The van der Waals surface area contributed by atoms with E-state index in [-0.39, 0.29) is 17.8 Å². The Bertz CT molecular complexity index is 975. The van der Waals surface area contributed by atoms with Gasteiger partial charge in [-0.15, -0.1) is 0 Å². The first kappa shape index (κ1) is 18.0. The molecule has 1 aliphatic heterocycles. The van der Waals surface area contributed by atoms with Crippen molar-refractivity contribution < 1.29 is 9.18 Å². The fraction of sp³-hybridized carbons (Fsp3) is 0.238. The van der Waals surface area contributed by atoms with Crippen LogP contribution in [0.1, 0.15) is 40.5 Å². The second-order valence-electron chi connectivity index (χ2n) is 6.81. The fourth-order valence-electron chi connectivity index (χ4n) is 3.35. The van der Waals surface area contributed by atoms with Crippen LogP contribution in [-0.4, -0.2) is 32.3 Å². The smallest absolute Gasteiger partial charge is 0.254 e. The summed E-state index contributed by atoms with van der Waals surface area (Å²) in [6.07, 6.45) is 5.17. The van der Waals surface area contributed by atoms with Gasteiger partial charge in [0, 0.05) is 24.5 Å². The molecule has 3 heterocycles. The van der Waals surface area contributed by atoms with Gasteiger partial charge in [-0.05, 0) is 61.7 Å². The predicted molar refractivity (Wildman–Crippen MR) is 104 cm³/mol. The third-order valence-corrected chi connectivity index (χ3v) is 4.77. The van der Waals surface area contributed by atoms with Crippen molar-refractivity contribution in [2.75, 3.05) is 11.9 Å². The lowest BCUT2D eigenvalue weighted by molar-refractivity contribution is 0.0733. The summed E-state index contributed by atoms with van der Waals surface area (Å²) in [5, 5.41) is 3.10. The van der Waals surface area contributed by atoms with Gasteiger partial charge < -0.3 is 10.2 Å². The molecule has 28 heavy (non-hydrogen) atoms. The lowest BCUT2D eigenvalue weighted by Gasteiger charge is -2.24. The van der Waals surface area contributed by atoms with Crippen LogP contribution in [0.5, 0.6) is 0 Å². The Kier molecular flexibility index (Phi) is 4.97. The largest absolute Gasteiger partial charge is 0.330 e. The average Bonchev–Trinajstić information content (AvgIpc) is 3.20. The highest BCUT2D eigenvalue weighted by Gasteiger charge is 2.31. The summed E-state index contributed by atoms with van der Waals surface area (Å²) in [5.41, 5.74) is 2.32. The van der Waals surface area contributed by atoms with Gasteiger partial charge in [-0.1, -0.05) is 6.07 Å². The van der Waals surface area contributed by atoms with Gasteiger partial charge in [-0.2, -0.15) is 0 Å². The molecule has 3 aromatic rings. The van der Waals surface area contributed by atoms with Crippen molar-refractivity contribution in [3.05, 3.63) is 77.5 Å². The minimum absolute atomic E-state index is 0.115. The Labute approximate surface area is 162 Å². The van der Waals surface area contributed by atoms with E-state index < -0.39 is 0 Å². The molecule has 1 aliphatic rings. The molecular formula is C21H20FN5O. The van der Waals surface area contributed by atoms with Crippen LogP contribution >= 0.6 is 0 Å². The number of aromatic nitrogens is 3. The molecule has 0 radical (unpaired) electrons. The second kappa shape index (κ2) is 7.72. The number of benzene rings is 1. The lowest BCUT2D eigenvalue weighted by atomic mass is 10.1. The maximum atomic E-state index is 13.2. The van der Waals surface area contributed by atoms with E-state index in [4.69, 9.17) is 0 Å². The van der Waals surface area contributed by atoms with Gasteiger partial charge in [0.25, 0.3) is 5.91 Å². The molecule has 0 spiro atoms. The third-order valence-electron chi connectivity index (χ3n) is 4.77. The first-order valence-corrected chi connectivity index (χ1v) is 9.19. The number of aryl methyl sites for hydroxylation is 1. The Balaban J connectivity index is 1.55. The molecule has 0 bridgehead atoms. The molecule has 1 N–H and O–H groups in total. The highest BCUT2D eigenvalue weighted by Crippen LogP contribution is 2.32. The maximum absolute atomic E-state index is 13.2. The van der Waals surface area contributed by atoms with Crippen molar-refractivity contribution in [3.8, 4) is 0 Å². The molecule has 6 nitrogen and oxygen atoms in total. The highest BCUT2D eigenvalue weighted by atomic mass is 19.1. The molecule has 1 saturated heterocycles. The van der Waals surface area contributed by atoms with Crippen LogP contribution in [0, 0.1) is 12.7 Å². The molecule has 1 aromatic carbocycles. The van der Waals surface area contributed by atoms with Crippen LogP contribution < -0.4 is 5.32 Å². The van der Waals surface area contributed by atoms with Crippen LogP contribution in [0.25, 0.3) is 0 Å². The number of pyridine rings is 1. The van der Waals surface area contributed by atoms with Gasteiger partial charge in [-0.3, -0.25) is 4.79 Å². The molecular weight excluding hydrogens is 357 g/mol. The van der Waals surface area contributed by atoms with Gasteiger partial charge in [0.1, 0.15) is 11.6 Å². The van der Waals surface area contributed by atoms with Crippen molar-refractivity contribution in [1.82, 2.24) is 19.9 Å². The van der Waals surface area contributed by atoms with E-state index in [9.17, 15) is 9.18 Å². The minimum Gasteiger partial charge on any atom is -0.330 e. The highest BCUT2D eigenvalue weighted by molar-refractivity contribution is 5.94. The third kappa shape index (κ3) is 3.83. The SMILES string of the molecule is Cc1ccc(Nc2nccc(C3CCCN3C(=O)c3ccc(F)cc3)n2)nc1. The van der Waals surface area contributed by atoms with E-state index in [1.807, 2.05) is 25.1 Å². The average molecular weight is 377 g/mol. The zero-order valence-electron chi connectivity index (χ0n) is 15.5. The number of halogens is 1. The molecule has 0 aliphatic carbocycles. The molecule has 1 unspecified atom stereocenters. The number of amides is 1. The lowest BCUT2D eigenvalue weighted by Crippen LogP contribution is -2.31. The minimum atomic E-state index is -0.356. The number of carbonyl (C=O) groups is 1. The van der Waals surface area contributed by atoms with Crippen molar-refractivity contribution in [2.45, 2.75) is 25.8 Å². The summed E-state index contributed by atoms with van der Waals surface area (Å²) in [7, 11) is 0. The number of hydrogen-bond acceptors (Lipinski definition) is 5. The van der Waals surface area contributed by atoms with Crippen molar-refractivity contribution in [1.29, 1.82) is 0 Å². The summed E-state index contributed by atoms with van der Waals surface area (Å²) >= 11 is 0. The molecule has 142 valence electrons. The number of likely N-dealkylation sites (tertiary alicyclic amines) is 1. The van der Waals surface area contributed by atoms with E-state index in [2.05, 4.69) is 20.3 Å². The van der Waals surface area contributed by atoms with Crippen molar-refractivity contribution >= 4 is 17.7 Å². The van der Waals surface area contributed by atoms with Crippen LogP contribution in [-0.2, 0) is 0 Å². The van der Waals surface area contributed by atoms with Gasteiger partial charge in [0.05, 0.1) is 11.7 Å². The molecule has 4 rings (SSSR count). The zero-order chi connectivity index (χ0) is 19.5. The van der Waals surface area contributed by atoms with E-state index in [1.54, 1.807) is 17.3 Å². The fourth-order valence-corrected chi connectivity index (χ4v) is 3.35. The van der Waals surface area contributed by atoms with Crippen LogP contribution in [0.2, 0.25) is 0 Å². The Morgan fingerprint density at radius 2 is 1.96 bits per heavy atom. The molecule has 2 aromatic heterocycles. The van der Waals surface area contributed by atoms with E-state index >= 15 is 0 Å². The summed E-state index contributed by atoms with van der Waals surface area (Å²) in [6.45, 7) is 2.62. The Hall–Kier alpha value is -3.35. The van der Waals surface area contributed by atoms with Gasteiger partial charge in [0.2, 0.25) is 5.95 Å². The quantitative estimate of drug-likeness (QED) is 0.743. The first-order chi connectivity index (χ1) is 13.6. The first-order valence-electron chi connectivity index (χ1n) is 9.19. The van der Waals surface area contributed by atoms with Crippen LogP contribution in [0.15, 0.2) is 54.9 Å². The number of nitrogens with one attached hydrogen (secondary N) is 1. The van der Waals surface area contributed by atoms with Crippen LogP contribution in [0.4, 0.5) is 16.2 Å². The number of nitrogens with zero attached hydrogens (tertiary/aromatic N) is 4. The number of rotatable bonds is 4. The molecule has 1 amide bonds. The normalized spacial score (nSPS) is 16.2. The molecule has 1 atom stereocenters. The number of hydrogen-bond donors (Lipinski definition) is 1. The number of anilines is 2. The van der Waals surface area contributed by atoms with E-state index in [0.29, 0.717) is 23.9 Å². The van der Waals surface area contributed by atoms with Gasteiger partial charge in [-0.25, -0.2) is 19.3 Å². The zero-order valence-corrected chi connectivity index (χ0v) is 15.5. The van der Waals surface area contributed by atoms with E-state index in [1.165, 1.54) is 24.3 Å². The molecule has 7 heteroatoms. The Morgan fingerprint density at radius 1 is 1.14 bits per heavy atom. The Morgan fingerprint density at radius 3 is 2.71 bits per heavy atom. The molecule has 0 saturated carbocycles. The summed E-state index contributed by atoms with van der Waals surface area (Å²) in [6, 6.07) is 11.2. The summed E-state index contributed by atoms with van der Waals surface area (Å²) in [5.74, 6) is 0.630. The van der Waals surface area contributed by atoms with E-state index in [0.717, 1.165) is 24.1 Å². The predicted octanol–water partition coefficient (Wildman–Crippen LogP) is 4.04.